The number of benzene rings is 2. The Morgan fingerprint density at radius 3 is 3.00 bits per heavy atom. The molecule has 0 radical (unpaired) electrons. The highest BCUT2D eigenvalue weighted by molar-refractivity contribution is 7.22. The SMILES string of the molecule is Nc1nc2ccc(CC(=O)N/N=C\c3ccccc3O)cc2s1. The third-order valence-corrected chi connectivity index (χ3v) is 4.01. The van der Waals surface area contributed by atoms with E-state index in [1.807, 2.05) is 18.2 Å². The Balaban J connectivity index is 1.63. The number of carbonyl (C=O) groups excluding carboxylic acids is 1. The second kappa shape index (κ2) is 6.45. The number of aromatic hydroxyl groups is 1. The van der Waals surface area contributed by atoms with E-state index < -0.39 is 0 Å². The van der Waals surface area contributed by atoms with Crippen LogP contribution in [0.5, 0.6) is 5.75 Å². The summed E-state index contributed by atoms with van der Waals surface area (Å²) in [7, 11) is 0. The minimum atomic E-state index is -0.242. The molecule has 1 amide bonds. The zero-order valence-electron chi connectivity index (χ0n) is 12.1. The minimum absolute atomic E-state index is 0.110. The van der Waals surface area contributed by atoms with Crippen LogP contribution in [0.1, 0.15) is 11.1 Å². The molecule has 0 aliphatic heterocycles. The van der Waals surface area contributed by atoms with Gasteiger partial charge in [-0.05, 0) is 29.8 Å². The summed E-state index contributed by atoms with van der Waals surface area (Å²) in [6.45, 7) is 0. The van der Waals surface area contributed by atoms with Gasteiger partial charge in [-0.25, -0.2) is 10.4 Å². The molecular formula is C16H14N4O2S. The quantitative estimate of drug-likeness (QED) is 0.506. The average Bonchev–Trinajstić information content (AvgIpc) is 2.88. The van der Waals surface area contributed by atoms with E-state index in [0.29, 0.717) is 10.7 Å². The predicted molar refractivity (Wildman–Crippen MR) is 91.6 cm³/mol. The molecule has 1 heterocycles. The largest absolute Gasteiger partial charge is 0.507 e. The van der Waals surface area contributed by atoms with Gasteiger partial charge in [-0.1, -0.05) is 29.5 Å². The number of para-hydroxylation sites is 1. The Kier molecular flexibility index (Phi) is 4.20. The van der Waals surface area contributed by atoms with E-state index in [-0.39, 0.29) is 18.1 Å². The highest BCUT2D eigenvalue weighted by Gasteiger charge is 2.06. The third-order valence-electron chi connectivity index (χ3n) is 3.16. The Bertz CT molecular complexity index is 889. The van der Waals surface area contributed by atoms with Crippen LogP contribution in [-0.2, 0) is 11.2 Å². The zero-order chi connectivity index (χ0) is 16.2. The van der Waals surface area contributed by atoms with Crippen LogP contribution in [0.3, 0.4) is 0 Å². The molecule has 23 heavy (non-hydrogen) atoms. The lowest BCUT2D eigenvalue weighted by Crippen LogP contribution is -2.19. The van der Waals surface area contributed by atoms with Crippen molar-refractivity contribution in [2.24, 2.45) is 5.10 Å². The van der Waals surface area contributed by atoms with Crippen LogP contribution in [0.25, 0.3) is 10.2 Å². The lowest BCUT2D eigenvalue weighted by Gasteiger charge is -2.01. The molecule has 0 atom stereocenters. The van der Waals surface area contributed by atoms with Gasteiger partial charge in [0.05, 0.1) is 22.9 Å². The smallest absolute Gasteiger partial charge is 0.244 e. The monoisotopic (exact) mass is 326 g/mol. The van der Waals surface area contributed by atoms with Crippen LogP contribution in [0, 0.1) is 0 Å². The van der Waals surface area contributed by atoms with Gasteiger partial charge in [-0.2, -0.15) is 5.10 Å². The number of nitrogen functional groups attached to an aromatic ring is 1. The van der Waals surface area contributed by atoms with Gasteiger partial charge in [0.25, 0.3) is 0 Å². The first-order chi connectivity index (χ1) is 11.1. The summed E-state index contributed by atoms with van der Waals surface area (Å²) < 4.78 is 0.950. The molecule has 0 spiro atoms. The highest BCUT2D eigenvalue weighted by atomic mass is 32.1. The van der Waals surface area contributed by atoms with E-state index in [1.54, 1.807) is 24.3 Å². The molecule has 6 nitrogen and oxygen atoms in total. The molecule has 0 aliphatic carbocycles. The fourth-order valence-corrected chi connectivity index (χ4v) is 2.89. The van der Waals surface area contributed by atoms with E-state index in [2.05, 4.69) is 15.5 Å². The average molecular weight is 326 g/mol. The third kappa shape index (κ3) is 3.64. The van der Waals surface area contributed by atoms with Gasteiger partial charge in [0.2, 0.25) is 5.91 Å². The van der Waals surface area contributed by atoms with Crippen LogP contribution >= 0.6 is 11.3 Å². The number of thiazole rings is 1. The maximum Gasteiger partial charge on any atom is 0.244 e. The van der Waals surface area contributed by atoms with Gasteiger partial charge in [0.15, 0.2) is 5.13 Å². The summed E-state index contributed by atoms with van der Waals surface area (Å²) in [6, 6.07) is 12.3. The number of hydrogen-bond acceptors (Lipinski definition) is 6. The first kappa shape index (κ1) is 15.0. The lowest BCUT2D eigenvalue weighted by atomic mass is 10.1. The van der Waals surface area contributed by atoms with Crippen LogP contribution in [0.2, 0.25) is 0 Å². The van der Waals surface area contributed by atoms with Crippen molar-refractivity contribution in [1.82, 2.24) is 10.4 Å². The fraction of sp³-hybridized carbons (Fsp3) is 0.0625. The Hall–Kier alpha value is -2.93. The molecule has 0 saturated carbocycles. The van der Waals surface area contributed by atoms with Crippen molar-refractivity contribution in [3.8, 4) is 5.75 Å². The summed E-state index contributed by atoms with van der Waals surface area (Å²) in [4.78, 5) is 16.1. The predicted octanol–water partition coefficient (Wildman–Crippen LogP) is 2.28. The second-order valence-electron chi connectivity index (χ2n) is 4.88. The molecule has 0 bridgehead atoms. The number of carbonyl (C=O) groups is 1. The normalized spacial score (nSPS) is 11.1. The maximum absolute atomic E-state index is 11.9. The molecule has 0 saturated heterocycles. The summed E-state index contributed by atoms with van der Waals surface area (Å²) in [6.07, 6.45) is 1.60. The molecule has 3 aromatic rings. The molecule has 2 aromatic carbocycles. The Morgan fingerprint density at radius 2 is 2.17 bits per heavy atom. The molecule has 116 valence electrons. The standard InChI is InChI=1S/C16H14N4O2S/c17-16-19-12-6-5-10(7-14(12)23-16)8-15(22)20-18-9-11-3-1-2-4-13(11)21/h1-7,9,21H,8H2,(H2,17,19)(H,20,22)/b18-9-. The van der Waals surface area contributed by atoms with Gasteiger partial charge in [0.1, 0.15) is 5.75 Å². The number of rotatable bonds is 4. The van der Waals surface area contributed by atoms with E-state index in [9.17, 15) is 9.90 Å². The number of anilines is 1. The van der Waals surface area contributed by atoms with E-state index in [4.69, 9.17) is 5.73 Å². The molecule has 3 rings (SSSR count). The van der Waals surface area contributed by atoms with Crippen molar-refractivity contribution in [3.05, 3.63) is 53.6 Å². The molecule has 0 unspecified atom stereocenters. The van der Waals surface area contributed by atoms with Gasteiger partial charge >= 0.3 is 0 Å². The summed E-state index contributed by atoms with van der Waals surface area (Å²) >= 11 is 1.39. The number of phenols is 1. The number of phenolic OH excluding ortho intramolecular Hbond substituents is 1. The second-order valence-corrected chi connectivity index (χ2v) is 5.95. The summed E-state index contributed by atoms with van der Waals surface area (Å²) in [5.41, 5.74) is 10.3. The Labute approximate surface area is 136 Å². The van der Waals surface area contributed by atoms with Crippen molar-refractivity contribution in [3.63, 3.8) is 0 Å². The van der Waals surface area contributed by atoms with Crippen LogP contribution < -0.4 is 11.2 Å². The van der Waals surface area contributed by atoms with Crippen LogP contribution in [-0.4, -0.2) is 22.2 Å². The maximum atomic E-state index is 11.9. The zero-order valence-corrected chi connectivity index (χ0v) is 12.9. The number of nitrogens with zero attached hydrogens (tertiary/aromatic N) is 2. The van der Waals surface area contributed by atoms with Crippen molar-refractivity contribution in [2.75, 3.05) is 5.73 Å². The van der Waals surface area contributed by atoms with E-state index in [0.717, 1.165) is 15.8 Å². The number of amides is 1. The lowest BCUT2D eigenvalue weighted by molar-refractivity contribution is -0.120. The number of fused-ring (bicyclic) bond motifs is 1. The number of hydrogen-bond donors (Lipinski definition) is 3. The fourth-order valence-electron chi connectivity index (χ4n) is 2.09. The molecule has 4 N–H and O–H groups in total. The minimum Gasteiger partial charge on any atom is -0.507 e. The molecule has 0 fully saturated rings. The number of aromatic nitrogens is 1. The first-order valence-electron chi connectivity index (χ1n) is 6.86. The number of hydrazone groups is 1. The highest BCUT2D eigenvalue weighted by Crippen LogP contribution is 2.24. The van der Waals surface area contributed by atoms with Crippen molar-refractivity contribution in [2.45, 2.75) is 6.42 Å². The van der Waals surface area contributed by atoms with Gasteiger partial charge in [0, 0.05) is 5.56 Å². The van der Waals surface area contributed by atoms with Gasteiger partial charge in [-0.15, -0.1) is 0 Å². The van der Waals surface area contributed by atoms with E-state index >= 15 is 0 Å². The van der Waals surface area contributed by atoms with Gasteiger partial charge in [-0.3, -0.25) is 4.79 Å². The van der Waals surface area contributed by atoms with Crippen LogP contribution in [0.4, 0.5) is 5.13 Å². The van der Waals surface area contributed by atoms with Crippen molar-refractivity contribution >= 4 is 38.8 Å². The molecular weight excluding hydrogens is 312 g/mol. The Morgan fingerprint density at radius 1 is 1.35 bits per heavy atom. The first-order valence-corrected chi connectivity index (χ1v) is 7.68. The summed E-state index contributed by atoms with van der Waals surface area (Å²) in [5.74, 6) is -0.132. The van der Waals surface area contributed by atoms with Gasteiger partial charge < -0.3 is 10.8 Å². The molecule has 0 aliphatic rings. The van der Waals surface area contributed by atoms with Crippen LogP contribution in [0.15, 0.2) is 47.6 Å². The van der Waals surface area contributed by atoms with E-state index in [1.165, 1.54) is 17.6 Å². The van der Waals surface area contributed by atoms with Crippen molar-refractivity contribution < 1.29 is 9.90 Å². The van der Waals surface area contributed by atoms with Crippen molar-refractivity contribution in [1.29, 1.82) is 0 Å². The number of nitrogens with one attached hydrogen (secondary N) is 1. The number of nitrogens with two attached hydrogens (primary N) is 1. The molecule has 1 aromatic heterocycles. The molecule has 7 heteroatoms. The topological polar surface area (TPSA) is 101 Å². The summed E-state index contributed by atoms with van der Waals surface area (Å²) in [5, 5.41) is 14.0.